The van der Waals surface area contributed by atoms with Gasteiger partial charge in [-0.05, 0) is 18.2 Å². The van der Waals surface area contributed by atoms with Crippen molar-refractivity contribution in [1.82, 2.24) is 4.98 Å². The number of nitrogens with zero attached hydrogens (tertiary/aromatic N) is 2. The van der Waals surface area contributed by atoms with Crippen molar-refractivity contribution in [3.05, 3.63) is 48.5 Å². The van der Waals surface area contributed by atoms with Crippen LogP contribution in [-0.4, -0.2) is 62.6 Å². The van der Waals surface area contributed by atoms with Gasteiger partial charge in [-0.15, -0.1) is 0 Å². The maximum Gasteiger partial charge on any atom is 0.342 e. The Balaban J connectivity index is 1.67. The lowest BCUT2D eigenvalue weighted by molar-refractivity contribution is -0.753. The number of phenols is 1. The van der Waals surface area contributed by atoms with E-state index in [1.54, 1.807) is 12.3 Å². The predicted molar refractivity (Wildman–Crippen MR) is 89.2 cm³/mol. The summed E-state index contributed by atoms with van der Waals surface area (Å²) in [5, 5.41) is 40.6. The summed E-state index contributed by atoms with van der Waals surface area (Å²) in [4.78, 5) is 16.0. The zero-order valence-corrected chi connectivity index (χ0v) is 14.1. The third-order valence-corrected chi connectivity index (χ3v) is 4.28. The van der Waals surface area contributed by atoms with Crippen molar-refractivity contribution in [1.29, 1.82) is 0 Å². The van der Waals surface area contributed by atoms with Gasteiger partial charge in [-0.1, -0.05) is 4.98 Å². The zero-order valence-electron chi connectivity index (χ0n) is 14.1. The molecule has 0 aliphatic carbocycles. The molecule has 0 bridgehead atoms. The molecule has 1 aromatic carbocycles. The van der Waals surface area contributed by atoms with Crippen molar-refractivity contribution in [3.8, 4) is 5.75 Å². The maximum absolute atomic E-state index is 12.1. The van der Waals surface area contributed by atoms with Crippen molar-refractivity contribution < 1.29 is 39.3 Å². The second kappa shape index (κ2) is 7.84. The fourth-order valence-corrected chi connectivity index (χ4v) is 2.86. The monoisotopic (exact) mass is 378 g/mol. The second-order valence-electron chi connectivity index (χ2n) is 6.11. The number of rotatable bonds is 4. The van der Waals surface area contributed by atoms with Gasteiger partial charge in [0.2, 0.25) is 0 Å². The van der Waals surface area contributed by atoms with E-state index in [2.05, 4.69) is 4.98 Å². The quantitative estimate of drug-likeness (QED) is 0.184. The Kier molecular flexibility index (Phi) is 5.51. The van der Waals surface area contributed by atoms with Crippen LogP contribution in [0.1, 0.15) is 16.4 Å². The van der Waals surface area contributed by atoms with E-state index in [0.717, 1.165) is 0 Å². The van der Waals surface area contributed by atoms with E-state index in [-0.39, 0.29) is 17.0 Å². The Morgan fingerprint density at radius 2 is 2.07 bits per heavy atom. The van der Waals surface area contributed by atoms with Crippen LogP contribution in [0.5, 0.6) is 5.75 Å². The Morgan fingerprint density at radius 3 is 2.78 bits per heavy atom. The number of aliphatic hydroxyl groups is 3. The lowest BCUT2D eigenvalue weighted by atomic mass is 9.97. The summed E-state index contributed by atoms with van der Waals surface area (Å²) in [7, 11) is 0. The normalized spacial score (nSPS) is 27.9. The SMILES string of the molecule is Nc1ccc(O)c(C(=O)OCC2O[C@@H](O)C([n+]3cccnc3)[C@H](O)[C@@H]2O)c1. The highest BCUT2D eigenvalue weighted by Crippen LogP contribution is 2.26. The van der Waals surface area contributed by atoms with Gasteiger partial charge in [0.1, 0.15) is 42.4 Å². The number of hydrogen-bond acceptors (Lipinski definition) is 9. The van der Waals surface area contributed by atoms with Gasteiger partial charge in [0, 0.05) is 11.8 Å². The molecule has 10 heteroatoms. The lowest BCUT2D eigenvalue weighted by Gasteiger charge is -2.38. The average Bonchev–Trinajstić information content (AvgIpc) is 2.66. The summed E-state index contributed by atoms with van der Waals surface area (Å²) in [6.45, 7) is -0.452. The smallest absolute Gasteiger partial charge is 0.342 e. The highest BCUT2D eigenvalue weighted by molar-refractivity contribution is 5.93. The molecule has 5 atom stereocenters. The number of carbonyl (C=O) groups is 1. The molecule has 1 aromatic heterocycles. The Hall–Kier alpha value is -2.79. The van der Waals surface area contributed by atoms with Crippen LogP contribution in [0.15, 0.2) is 43.0 Å². The average molecular weight is 378 g/mol. The van der Waals surface area contributed by atoms with Crippen molar-refractivity contribution in [2.75, 3.05) is 12.3 Å². The number of anilines is 1. The molecule has 0 radical (unpaired) electrons. The fraction of sp³-hybridized carbons (Fsp3) is 0.353. The molecule has 10 nitrogen and oxygen atoms in total. The Bertz CT molecular complexity index is 804. The molecule has 1 aliphatic heterocycles. The minimum absolute atomic E-state index is 0.148. The van der Waals surface area contributed by atoms with Crippen LogP contribution in [0, 0.1) is 0 Å². The predicted octanol–water partition coefficient (Wildman–Crippen LogP) is -1.51. The summed E-state index contributed by atoms with van der Waals surface area (Å²) in [6.07, 6.45) is -1.03. The van der Waals surface area contributed by atoms with E-state index in [1.165, 1.54) is 35.3 Å². The first-order chi connectivity index (χ1) is 12.9. The first-order valence-electron chi connectivity index (χ1n) is 8.14. The summed E-state index contributed by atoms with van der Waals surface area (Å²) in [6, 6.07) is 4.52. The maximum atomic E-state index is 12.1. The van der Waals surface area contributed by atoms with E-state index in [0.29, 0.717) is 0 Å². The van der Waals surface area contributed by atoms with E-state index in [1.807, 2.05) is 0 Å². The van der Waals surface area contributed by atoms with Gasteiger partial charge in [-0.3, -0.25) is 0 Å². The number of hydrogen-bond donors (Lipinski definition) is 5. The Labute approximate surface area is 154 Å². The molecule has 1 fully saturated rings. The van der Waals surface area contributed by atoms with Crippen LogP contribution in [0.2, 0.25) is 0 Å². The van der Waals surface area contributed by atoms with Crippen molar-refractivity contribution in [2.45, 2.75) is 30.6 Å². The standard InChI is InChI=1S/C17H19N3O7/c18-9-2-3-11(21)10(6-9)16(24)26-7-12-14(22)15(23)13(17(25)27-12)20-5-1-4-19-8-20/h1-6,8,12-15,17,22-23,25H,7,18H2/p+1/t12?,13?,14-,15+,17-/m1/s1. The molecule has 0 spiro atoms. The van der Waals surface area contributed by atoms with E-state index in [4.69, 9.17) is 15.2 Å². The van der Waals surface area contributed by atoms with Gasteiger partial charge in [0.05, 0.1) is 6.20 Å². The van der Waals surface area contributed by atoms with Crippen LogP contribution in [0.4, 0.5) is 5.69 Å². The number of phenolic OH excluding ortho intramolecular Hbond substituents is 1. The van der Waals surface area contributed by atoms with E-state index in [9.17, 15) is 25.2 Å². The molecule has 27 heavy (non-hydrogen) atoms. The summed E-state index contributed by atoms with van der Waals surface area (Å²) >= 11 is 0. The van der Waals surface area contributed by atoms with Crippen LogP contribution < -0.4 is 10.3 Å². The largest absolute Gasteiger partial charge is 0.507 e. The molecule has 3 rings (SSSR count). The first kappa shape index (κ1) is 19.0. The van der Waals surface area contributed by atoms with Gasteiger partial charge < -0.3 is 35.6 Å². The van der Waals surface area contributed by atoms with E-state index < -0.39 is 43.2 Å². The summed E-state index contributed by atoms with van der Waals surface area (Å²) < 4.78 is 11.7. The molecule has 2 unspecified atom stereocenters. The van der Waals surface area contributed by atoms with Gasteiger partial charge in [0.25, 0.3) is 6.33 Å². The van der Waals surface area contributed by atoms with Gasteiger partial charge in [-0.25, -0.2) is 9.36 Å². The molecule has 0 amide bonds. The molecule has 1 saturated heterocycles. The molecular weight excluding hydrogens is 358 g/mol. The number of aromatic hydroxyl groups is 1. The van der Waals surface area contributed by atoms with Crippen molar-refractivity contribution in [3.63, 3.8) is 0 Å². The number of esters is 1. The topological polar surface area (TPSA) is 159 Å². The van der Waals surface area contributed by atoms with Crippen LogP contribution in [-0.2, 0) is 9.47 Å². The second-order valence-corrected chi connectivity index (χ2v) is 6.11. The number of ether oxygens (including phenoxy) is 2. The van der Waals surface area contributed by atoms with Crippen molar-refractivity contribution >= 4 is 11.7 Å². The number of benzene rings is 1. The molecule has 1 aliphatic rings. The molecule has 2 heterocycles. The number of carbonyl (C=O) groups excluding carboxylic acids is 1. The molecule has 6 N–H and O–H groups in total. The third kappa shape index (κ3) is 3.98. The van der Waals surface area contributed by atoms with Crippen LogP contribution in [0.3, 0.4) is 0 Å². The van der Waals surface area contributed by atoms with Gasteiger partial charge in [0.15, 0.2) is 12.3 Å². The van der Waals surface area contributed by atoms with Crippen molar-refractivity contribution in [2.24, 2.45) is 0 Å². The fourth-order valence-electron chi connectivity index (χ4n) is 2.86. The first-order valence-corrected chi connectivity index (χ1v) is 8.14. The zero-order chi connectivity index (χ0) is 19.6. The third-order valence-electron chi connectivity index (χ3n) is 4.28. The Morgan fingerprint density at radius 1 is 1.30 bits per heavy atom. The molecule has 144 valence electrons. The number of aromatic nitrogens is 2. The lowest BCUT2D eigenvalue weighted by Crippen LogP contribution is -2.63. The number of aliphatic hydroxyl groups excluding tert-OH is 3. The van der Waals surface area contributed by atoms with E-state index >= 15 is 0 Å². The minimum Gasteiger partial charge on any atom is -0.507 e. The highest BCUT2D eigenvalue weighted by atomic mass is 16.6. The highest BCUT2D eigenvalue weighted by Gasteiger charge is 2.47. The summed E-state index contributed by atoms with van der Waals surface area (Å²) in [5.41, 5.74) is 5.69. The number of nitrogen functional groups attached to an aromatic ring is 1. The summed E-state index contributed by atoms with van der Waals surface area (Å²) in [5.74, 6) is -1.20. The molecule has 0 saturated carbocycles. The molecule has 2 aromatic rings. The van der Waals surface area contributed by atoms with Gasteiger partial charge >= 0.3 is 5.97 Å². The van der Waals surface area contributed by atoms with Crippen LogP contribution in [0.25, 0.3) is 0 Å². The van der Waals surface area contributed by atoms with Crippen LogP contribution >= 0.6 is 0 Å². The molecular formula is C17H20N3O7+. The number of nitrogens with two attached hydrogens (primary N) is 1. The minimum atomic E-state index is -1.47. The van der Waals surface area contributed by atoms with Gasteiger partial charge in [-0.2, -0.15) is 0 Å².